The first kappa shape index (κ1) is 17.8. The number of hydrogen-bond acceptors (Lipinski definition) is 1. The molecule has 1 N–H and O–H groups in total. The number of alkyl halides is 6. The summed E-state index contributed by atoms with van der Waals surface area (Å²) in [6.45, 7) is 0. The Morgan fingerprint density at radius 1 is 0.783 bits per heavy atom. The van der Waals surface area contributed by atoms with Crippen molar-refractivity contribution in [2.24, 2.45) is 0 Å². The summed E-state index contributed by atoms with van der Waals surface area (Å²) < 4.78 is 86.6. The quantitative estimate of drug-likeness (QED) is 0.616. The number of rotatable bonds is 3. The predicted octanol–water partition coefficient (Wildman–Crippen LogP) is 3.70. The summed E-state index contributed by atoms with van der Waals surface area (Å²) in [5.74, 6) is 0. The van der Waals surface area contributed by atoms with E-state index in [-0.39, 0.29) is 15.8 Å². The van der Waals surface area contributed by atoms with Gasteiger partial charge < -0.3 is 0 Å². The minimum atomic E-state index is -4.91. The van der Waals surface area contributed by atoms with Crippen molar-refractivity contribution in [3.8, 4) is 0 Å². The van der Waals surface area contributed by atoms with Gasteiger partial charge in [-0.25, -0.2) is 0 Å². The van der Waals surface area contributed by atoms with Gasteiger partial charge in [-0.05, 0) is 0 Å². The molecule has 0 aliphatic rings. The summed E-state index contributed by atoms with van der Waals surface area (Å²) >= 11 is -2.84. The monoisotopic (exact) mass is 401 g/mol. The molecule has 0 heterocycles. The van der Waals surface area contributed by atoms with Crippen molar-refractivity contribution < 1.29 is 30.5 Å². The zero-order valence-electron chi connectivity index (χ0n) is 11.4. The Balaban J connectivity index is 2.40. The molecule has 2 aromatic rings. The zero-order chi connectivity index (χ0) is 17.3. The molecule has 0 saturated heterocycles. The molecule has 0 amide bonds. The van der Waals surface area contributed by atoms with Crippen molar-refractivity contribution in [2.45, 2.75) is 17.7 Å². The first-order chi connectivity index (χ1) is 10.6. The fourth-order valence-corrected chi connectivity index (χ4v) is 4.40. The molecule has 2 rings (SSSR count). The van der Waals surface area contributed by atoms with Crippen LogP contribution in [-0.2, 0) is 17.7 Å². The molecule has 0 bridgehead atoms. The third kappa shape index (κ3) is 4.73. The summed E-state index contributed by atoms with van der Waals surface area (Å²) in [7, 11) is 0. The molecule has 0 aromatic heterocycles. The molecule has 0 aliphatic carbocycles. The van der Waals surface area contributed by atoms with Crippen LogP contribution in [0.5, 0.6) is 0 Å². The van der Waals surface area contributed by atoms with E-state index in [2.05, 4.69) is 0 Å². The number of hydrogen-bond donors (Lipinski definition) is 1. The second-order valence-electron chi connectivity index (χ2n) is 4.74. The molecule has 23 heavy (non-hydrogen) atoms. The van der Waals surface area contributed by atoms with Gasteiger partial charge in [-0.3, -0.25) is 0 Å². The van der Waals surface area contributed by atoms with Crippen LogP contribution in [0.1, 0.15) is 16.7 Å². The van der Waals surface area contributed by atoms with Crippen molar-refractivity contribution >= 4 is 18.7 Å². The SMILES string of the molecule is O[Se](Cc1ccccc1)c1cc(C(F)(F)F)cc(C(F)(F)F)c1. The van der Waals surface area contributed by atoms with Crippen LogP contribution in [-0.4, -0.2) is 18.4 Å². The first-order valence-electron chi connectivity index (χ1n) is 6.31. The molecule has 0 saturated carbocycles. The van der Waals surface area contributed by atoms with Gasteiger partial charge in [0, 0.05) is 0 Å². The van der Waals surface area contributed by atoms with Crippen molar-refractivity contribution in [1.82, 2.24) is 0 Å². The van der Waals surface area contributed by atoms with Crippen LogP contribution in [0.2, 0.25) is 0 Å². The van der Waals surface area contributed by atoms with E-state index >= 15 is 0 Å². The van der Waals surface area contributed by atoms with Gasteiger partial charge in [0.2, 0.25) is 0 Å². The van der Waals surface area contributed by atoms with Crippen molar-refractivity contribution in [2.75, 3.05) is 0 Å². The van der Waals surface area contributed by atoms with Gasteiger partial charge in [0.25, 0.3) is 0 Å². The Bertz CT molecular complexity index is 634. The molecule has 2 aromatic carbocycles. The van der Waals surface area contributed by atoms with E-state index in [9.17, 15) is 30.5 Å². The average Bonchev–Trinajstić information content (AvgIpc) is 2.46. The summed E-state index contributed by atoms with van der Waals surface area (Å²) in [6.07, 6.45) is -9.82. The van der Waals surface area contributed by atoms with Gasteiger partial charge in [-0.1, -0.05) is 0 Å². The van der Waals surface area contributed by atoms with E-state index < -0.39 is 37.7 Å². The molecular formula is C15H11F6OSe. The van der Waals surface area contributed by atoms with E-state index in [0.29, 0.717) is 17.7 Å². The van der Waals surface area contributed by atoms with Crippen LogP contribution in [0.25, 0.3) is 0 Å². The zero-order valence-corrected chi connectivity index (χ0v) is 13.2. The topological polar surface area (TPSA) is 20.2 Å². The maximum atomic E-state index is 12.8. The van der Waals surface area contributed by atoms with E-state index in [4.69, 9.17) is 0 Å². The van der Waals surface area contributed by atoms with Gasteiger partial charge in [0.1, 0.15) is 0 Å². The maximum absolute atomic E-state index is 12.8. The van der Waals surface area contributed by atoms with E-state index in [1.807, 2.05) is 0 Å². The minimum absolute atomic E-state index is 0.0411. The molecule has 0 aliphatic heterocycles. The van der Waals surface area contributed by atoms with Crippen LogP contribution in [0.3, 0.4) is 0 Å². The van der Waals surface area contributed by atoms with Crippen LogP contribution in [0.4, 0.5) is 26.3 Å². The second-order valence-corrected chi connectivity index (χ2v) is 7.86. The fourth-order valence-electron chi connectivity index (χ4n) is 1.88. The van der Waals surface area contributed by atoms with Gasteiger partial charge in [-0.15, -0.1) is 0 Å². The third-order valence-electron chi connectivity index (χ3n) is 2.98. The molecule has 0 atom stereocenters. The number of benzene rings is 2. The normalized spacial score (nSPS) is 12.7. The van der Waals surface area contributed by atoms with E-state index in [1.54, 1.807) is 30.3 Å². The van der Waals surface area contributed by atoms with Crippen LogP contribution < -0.4 is 4.46 Å². The Kier molecular flexibility index (Phi) is 5.08. The molecule has 0 fully saturated rings. The molecule has 0 spiro atoms. The van der Waals surface area contributed by atoms with Crippen molar-refractivity contribution in [3.63, 3.8) is 0 Å². The second kappa shape index (κ2) is 6.55. The molecule has 8 heteroatoms. The van der Waals surface area contributed by atoms with Gasteiger partial charge in [-0.2, -0.15) is 0 Å². The summed E-state index contributed by atoms with van der Waals surface area (Å²) in [5.41, 5.74) is -2.15. The molecule has 1 radical (unpaired) electrons. The molecule has 1 nitrogen and oxygen atoms in total. The fraction of sp³-hybridized carbons (Fsp3) is 0.200. The third-order valence-corrected chi connectivity index (χ3v) is 5.89. The predicted molar refractivity (Wildman–Crippen MR) is 74.2 cm³/mol. The standard InChI is InChI=1S/C15H11F6OSe/c16-14(17,18)11-6-12(15(19,20)21)8-13(7-11)23(22)9-10-4-2-1-3-5-10/h1-8,22H,9H2. The average molecular weight is 400 g/mol. The molecule has 125 valence electrons. The first-order valence-corrected chi connectivity index (χ1v) is 9.14. The van der Waals surface area contributed by atoms with Crippen molar-refractivity contribution in [3.05, 3.63) is 65.2 Å². The summed E-state index contributed by atoms with van der Waals surface area (Å²) in [6, 6.07) is 9.66. The number of halogens is 6. The summed E-state index contributed by atoms with van der Waals surface area (Å²) in [4.78, 5) is 0. The summed E-state index contributed by atoms with van der Waals surface area (Å²) in [5, 5.41) is 0.0411. The Labute approximate surface area is 132 Å². The van der Waals surface area contributed by atoms with Crippen LogP contribution >= 0.6 is 0 Å². The van der Waals surface area contributed by atoms with E-state index in [0.717, 1.165) is 0 Å². The van der Waals surface area contributed by atoms with E-state index in [1.165, 1.54) is 0 Å². The van der Waals surface area contributed by atoms with Gasteiger partial charge >= 0.3 is 132 Å². The Morgan fingerprint density at radius 2 is 1.26 bits per heavy atom. The van der Waals surface area contributed by atoms with Gasteiger partial charge in [0.15, 0.2) is 0 Å². The van der Waals surface area contributed by atoms with Gasteiger partial charge in [0.05, 0.1) is 0 Å². The Hall–Kier alpha value is -1.50. The van der Waals surface area contributed by atoms with Crippen LogP contribution in [0.15, 0.2) is 48.5 Å². The van der Waals surface area contributed by atoms with Crippen molar-refractivity contribution in [1.29, 1.82) is 0 Å². The molecule has 0 unspecified atom stereocenters. The Morgan fingerprint density at radius 3 is 1.70 bits per heavy atom. The molecular weight excluding hydrogens is 389 g/mol. The van der Waals surface area contributed by atoms with Crippen LogP contribution in [0, 0.1) is 0 Å².